The molecular weight excluding hydrogens is 432 g/mol. The quantitative estimate of drug-likeness (QED) is 0.419. The molecule has 7 heteroatoms. The van der Waals surface area contributed by atoms with E-state index in [0.29, 0.717) is 5.13 Å². The molecule has 0 bridgehead atoms. The van der Waals surface area contributed by atoms with Gasteiger partial charge in [-0.1, -0.05) is 102 Å². The van der Waals surface area contributed by atoms with Crippen LogP contribution >= 0.6 is 11.3 Å². The number of rotatable bonds is 7. The molecule has 0 aliphatic rings. The van der Waals surface area contributed by atoms with Crippen molar-refractivity contribution >= 4 is 28.3 Å². The molecule has 4 aromatic rings. The summed E-state index contributed by atoms with van der Waals surface area (Å²) in [6.45, 7) is 3.67. The lowest BCUT2D eigenvalue weighted by molar-refractivity contribution is -0.126. The SMILES string of the molecule is Cc1ccc(-c2nnc(NC(=O)C(C)NC(=O)C(c3ccccc3)c3ccccc3)s2)cc1. The fourth-order valence-electron chi connectivity index (χ4n) is 3.45. The van der Waals surface area contributed by atoms with Crippen LogP contribution in [0.25, 0.3) is 10.6 Å². The molecule has 33 heavy (non-hydrogen) atoms. The highest BCUT2D eigenvalue weighted by Crippen LogP contribution is 2.27. The van der Waals surface area contributed by atoms with Gasteiger partial charge in [0.05, 0.1) is 5.92 Å². The van der Waals surface area contributed by atoms with Gasteiger partial charge in [0.15, 0.2) is 0 Å². The Morgan fingerprint density at radius 3 is 1.94 bits per heavy atom. The van der Waals surface area contributed by atoms with Crippen molar-refractivity contribution < 1.29 is 9.59 Å². The predicted molar refractivity (Wildman–Crippen MR) is 131 cm³/mol. The normalized spacial score (nSPS) is 11.7. The van der Waals surface area contributed by atoms with E-state index in [4.69, 9.17) is 0 Å². The molecule has 6 nitrogen and oxygen atoms in total. The molecule has 1 unspecified atom stereocenters. The number of aromatic nitrogens is 2. The second-order valence-electron chi connectivity index (χ2n) is 7.75. The molecule has 0 aliphatic heterocycles. The number of carbonyl (C=O) groups is 2. The van der Waals surface area contributed by atoms with E-state index in [1.54, 1.807) is 6.92 Å². The number of hydrogen-bond donors (Lipinski definition) is 2. The van der Waals surface area contributed by atoms with E-state index < -0.39 is 12.0 Å². The molecule has 0 saturated heterocycles. The van der Waals surface area contributed by atoms with Gasteiger partial charge in [0.25, 0.3) is 0 Å². The largest absolute Gasteiger partial charge is 0.344 e. The summed E-state index contributed by atoms with van der Waals surface area (Å²) in [7, 11) is 0. The van der Waals surface area contributed by atoms with Crippen molar-refractivity contribution in [1.29, 1.82) is 0 Å². The van der Waals surface area contributed by atoms with Crippen LogP contribution in [0.4, 0.5) is 5.13 Å². The smallest absolute Gasteiger partial charge is 0.248 e. The van der Waals surface area contributed by atoms with Crippen LogP contribution in [0.5, 0.6) is 0 Å². The third-order valence-corrected chi connectivity index (χ3v) is 6.12. The molecule has 0 fully saturated rings. The van der Waals surface area contributed by atoms with Gasteiger partial charge in [-0.3, -0.25) is 14.9 Å². The van der Waals surface area contributed by atoms with E-state index >= 15 is 0 Å². The number of aryl methyl sites for hydroxylation is 1. The first-order valence-electron chi connectivity index (χ1n) is 10.6. The van der Waals surface area contributed by atoms with E-state index in [2.05, 4.69) is 20.8 Å². The van der Waals surface area contributed by atoms with Crippen LogP contribution < -0.4 is 10.6 Å². The Morgan fingerprint density at radius 1 is 0.788 bits per heavy atom. The second-order valence-corrected chi connectivity index (χ2v) is 8.73. The molecule has 1 atom stereocenters. The van der Waals surface area contributed by atoms with Gasteiger partial charge in [-0.05, 0) is 25.0 Å². The minimum absolute atomic E-state index is 0.243. The summed E-state index contributed by atoms with van der Waals surface area (Å²) in [5.41, 5.74) is 3.82. The highest BCUT2D eigenvalue weighted by molar-refractivity contribution is 7.18. The zero-order chi connectivity index (χ0) is 23.2. The molecule has 1 heterocycles. The monoisotopic (exact) mass is 456 g/mol. The lowest BCUT2D eigenvalue weighted by Crippen LogP contribution is -2.43. The summed E-state index contributed by atoms with van der Waals surface area (Å²) in [4.78, 5) is 26.0. The van der Waals surface area contributed by atoms with Gasteiger partial charge >= 0.3 is 0 Å². The topological polar surface area (TPSA) is 84.0 Å². The Bertz CT molecular complexity index is 1180. The van der Waals surface area contributed by atoms with E-state index in [1.165, 1.54) is 11.3 Å². The molecule has 166 valence electrons. The van der Waals surface area contributed by atoms with E-state index in [1.807, 2.05) is 91.9 Å². The molecular formula is C26H24N4O2S. The van der Waals surface area contributed by atoms with Crippen LogP contribution in [0.15, 0.2) is 84.9 Å². The summed E-state index contributed by atoms with van der Waals surface area (Å²) in [6, 6.07) is 26.3. The Hall–Kier alpha value is -3.84. The summed E-state index contributed by atoms with van der Waals surface area (Å²) in [5.74, 6) is -1.11. The van der Waals surface area contributed by atoms with Crippen LogP contribution in [0, 0.1) is 6.92 Å². The minimum Gasteiger partial charge on any atom is -0.344 e. The maximum absolute atomic E-state index is 13.2. The molecule has 0 spiro atoms. The third kappa shape index (κ3) is 5.51. The number of carbonyl (C=O) groups excluding carboxylic acids is 2. The third-order valence-electron chi connectivity index (χ3n) is 5.23. The van der Waals surface area contributed by atoms with Gasteiger partial charge in [-0.2, -0.15) is 0 Å². The van der Waals surface area contributed by atoms with Crippen LogP contribution in [0.2, 0.25) is 0 Å². The van der Waals surface area contributed by atoms with Gasteiger partial charge in [-0.25, -0.2) is 0 Å². The average Bonchev–Trinajstić information content (AvgIpc) is 3.29. The first-order valence-corrected chi connectivity index (χ1v) is 11.4. The Labute approximate surface area is 196 Å². The first-order chi connectivity index (χ1) is 16.0. The Kier molecular flexibility index (Phi) is 6.90. The Balaban J connectivity index is 1.44. The highest BCUT2D eigenvalue weighted by atomic mass is 32.1. The zero-order valence-electron chi connectivity index (χ0n) is 18.4. The van der Waals surface area contributed by atoms with E-state index in [9.17, 15) is 9.59 Å². The van der Waals surface area contributed by atoms with Gasteiger partial charge in [0.2, 0.25) is 16.9 Å². The van der Waals surface area contributed by atoms with E-state index in [-0.39, 0.29) is 11.8 Å². The molecule has 0 radical (unpaired) electrons. The number of benzene rings is 3. The molecule has 1 aromatic heterocycles. The minimum atomic E-state index is -0.751. The summed E-state index contributed by atoms with van der Waals surface area (Å²) >= 11 is 1.29. The number of nitrogens with one attached hydrogen (secondary N) is 2. The standard InChI is InChI=1S/C26H24N4O2S/c1-17-13-15-21(16-14-17)25-29-30-26(33-25)28-23(31)18(2)27-24(32)22(19-9-5-3-6-10-19)20-11-7-4-8-12-20/h3-16,18,22H,1-2H3,(H,27,32)(H,28,30,31). The van der Waals surface area contributed by atoms with Gasteiger partial charge in [0, 0.05) is 5.56 Å². The van der Waals surface area contributed by atoms with Crippen molar-refractivity contribution in [3.8, 4) is 10.6 Å². The number of anilines is 1. The summed E-state index contributed by atoms with van der Waals surface area (Å²) in [5, 5.41) is 14.9. The van der Waals surface area contributed by atoms with Crippen LogP contribution in [-0.4, -0.2) is 28.1 Å². The maximum Gasteiger partial charge on any atom is 0.248 e. The van der Waals surface area contributed by atoms with Crippen LogP contribution in [0.1, 0.15) is 29.5 Å². The average molecular weight is 457 g/mol. The lowest BCUT2D eigenvalue weighted by Gasteiger charge is -2.20. The Morgan fingerprint density at radius 2 is 1.36 bits per heavy atom. The molecule has 0 aliphatic carbocycles. The molecule has 2 amide bonds. The van der Waals surface area contributed by atoms with Crippen molar-refractivity contribution in [2.45, 2.75) is 25.8 Å². The van der Waals surface area contributed by atoms with Crippen LogP contribution in [0.3, 0.4) is 0 Å². The molecule has 2 N–H and O–H groups in total. The molecule has 0 saturated carbocycles. The van der Waals surface area contributed by atoms with Crippen molar-refractivity contribution in [3.63, 3.8) is 0 Å². The van der Waals surface area contributed by atoms with Gasteiger partial charge in [0.1, 0.15) is 11.0 Å². The fraction of sp³-hybridized carbons (Fsp3) is 0.154. The van der Waals surface area contributed by atoms with Gasteiger partial charge < -0.3 is 5.32 Å². The van der Waals surface area contributed by atoms with Crippen LogP contribution in [-0.2, 0) is 9.59 Å². The number of nitrogens with zero attached hydrogens (tertiary/aromatic N) is 2. The lowest BCUT2D eigenvalue weighted by atomic mass is 9.90. The molecule has 4 rings (SSSR count). The van der Waals surface area contributed by atoms with Gasteiger partial charge in [-0.15, -0.1) is 10.2 Å². The first kappa shape index (κ1) is 22.4. The summed E-state index contributed by atoms with van der Waals surface area (Å²) < 4.78 is 0. The predicted octanol–water partition coefficient (Wildman–Crippen LogP) is 4.79. The van der Waals surface area contributed by atoms with Crippen molar-refractivity contribution in [2.75, 3.05) is 5.32 Å². The molecule has 3 aromatic carbocycles. The van der Waals surface area contributed by atoms with Crippen molar-refractivity contribution in [2.24, 2.45) is 0 Å². The second kappa shape index (κ2) is 10.2. The maximum atomic E-state index is 13.2. The summed E-state index contributed by atoms with van der Waals surface area (Å²) in [6.07, 6.45) is 0. The number of amides is 2. The van der Waals surface area contributed by atoms with E-state index in [0.717, 1.165) is 27.3 Å². The van der Waals surface area contributed by atoms with Crippen molar-refractivity contribution in [3.05, 3.63) is 102 Å². The van der Waals surface area contributed by atoms with Crippen molar-refractivity contribution in [1.82, 2.24) is 15.5 Å². The zero-order valence-corrected chi connectivity index (χ0v) is 19.2. The fourth-order valence-corrected chi connectivity index (χ4v) is 4.20. The highest BCUT2D eigenvalue weighted by Gasteiger charge is 2.26. The number of hydrogen-bond acceptors (Lipinski definition) is 5.